The Kier molecular flexibility index (Phi) is 2.53. The molecule has 0 saturated heterocycles. The Morgan fingerprint density at radius 3 is 2.92 bits per heavy atom. The minimum absolute atomic E-state index is 0.0602. The van der Waals surface area contributed by atoms with Crippen LogP contribution >= 0.6 is 0 Å². The molecule has 0 atom stereocenters. The summed E-state index contributed by atoms with van der Waals surface area (Å²) in [5.74, 6) is 0.912. The quantitative estimate of drug-likeness (QED) is 0.567. The Labute approximate surface area is 73.0 Å². The molecule has 3 heteroatoms. The minimum Gasteiger partial charge on any atom is -0.361 e. The van der Waals surface area contributed by atoms with Crippen molar-refractivity contribution in [3.63, 3.8) is 0 Å². The van der Waals surface area contributed by atoms with E-state index < -0.39 is 0 Å². The highest BCUT2D eigenvalue weighted by atomic mass is 16.2. The van der Waals surface area contributed by atoms with Crippen LogP contribution in [0.4, 0.5) is 0 Å². The fraction of sp³-hybridized carbons (Fsp3) is 0.444. The topological polar surface area (TPSA) is 23.6 Å². The second kappa shape index (κ2) is 3.43. The molecular weight excluding hydrogens is 152 g/mol. The first-order valence-electron chi connectivity index (χ1n) is 3.98. The molecule has 1 rings (SSSR count). The summed E-state index contributed by atoms with van der Waals surface area (Å²) in [6.07, 6.45) is 4.40. The molecule has 0 spiro atoms. The molecular formula is C9H14N2O. The van der Waals surface area contributed by atoms with Crippen molar-refractivity contribution >= 4 is 5.91 Å². The van der Waals surface area contributed by atoms with Gasteiger partial charge in [0.1, 0.15) is 5.82 Å². The summed E-state index contributed by atoms with van der Waals surface area (Å²) in [7, 11) is 3.74. The van der Waals surface area contributed by atoms with E-state index in [1.54, 1.807) is 11.9 Å². The Balaban J connectivity index is 2.69. The van der Waals surface area contributed by atoms with Crippen molar-refractivity contribution in [2.24, 2.45) is 0 Å². The molecule has 0 aliphatic carbocycles. The van der Waals surface area contributed by atoms with E-state index in [0.29, 0.717) is 0 Å². The third-order valence-corrected chi connectivity index (χ3v) is 2.03. The second-order valence-electron chi connectivity index (χ2n) is 2.87. The van der Waals surface area contributed by atoms with E-state index in [4.69, 9.17) is 0 Å². The standard InChI is InChI=1S/C9H14N2O/c1-4-9(12)11(3)8-6-5-7-10(8)2/h4,6H,1,5,7H2,2-3H3. The summed E-state index contributed by atoms with van der Waals surface area (Å²) in [6, 6.07) is 0. The summed E-state index contributed by atoms with van der Waals surface area (Å²) in [5, 5.41) is 0. The maximum atomic E-state index is 11.2. The first-order valence-corrected chi connectivity index (χ1v) is 3.98. The fourth-order valence-corrected chi connectivity index (χ4v) is 1.30. The summed E-state index contributed by atoms with van der Waals surface area (Å²) in [4.78, 5) is 14.9. The molecule has 0 bridgehead atoms. The minimum atomic E-state index is -0.0602. The maximum absolute atomic E-state index is 11.2. The first-order chi connectivity index (χ1) is 5.66. The molecule has 0 saturated carbocycles. The van der Waals surface area contributed by atoms with Crippen LogP contribution < -0.4 is 0 Å². The van der Waals surface area contributed by atoms with Crippen LogP contribution in [0, 0.1) is 0 Å². The molecule has 66 valence electrons. The number of carbonyl (C=O) groups excluding carboxylic acids is 1. The summed E-state index contributed by atoms with van der Waals surface area (Å²) >= 11 is 0. The largest absolute Gasteiger partial charge is 0.361 e. The number of hydrogen-bond donors (Lipinski definition) is 0. The number of likely N-dealkylation sites (N-methyl/N-ethyl adjacent to an activating group) is 1. The predicted octanol–water partition coefficient (Wildman–Crippen LogP) is 0.808. The monoisotopic (exact) mass is 166 g/mol. The SMILES string of the molecule is C=CC(=O)N(C)C1=CCCN1C. The summed E-state index contributed by atoms with van der Waals surface area (Å²) in [5.41, 5.74) is 0. The fourth-order valence-electron chi connectivity index (χ4n) is 1.30. The molecule has 0 aromatic carbocycles. The van der Waals surface area contributed by atoms with E-state index in [1.165, 1.54) is 6.08 Å². The van der Waals surface area contributed by atoms with Crippen molar-refractivity contribution in [3.05, 3.63) is 24.6 Å². The van der Waals surface area contributed by atoms with Gasteiger partial charge in [0, 0.05) is 20.6 Å². The van der Waals surface area contributed by atoms with Gasteiger partial charge in [-0.15, -0.1) is 0 Å². The highest BCUT2D eigenvalue weighted by Gasteiger charge is 2.17. The number of hydrogen-bond acceptors (Lipinski definition) is 2. The van der Waals surface area contributed by atoms with Gasteiger partial charge in [-0.05, 0) is 18.6 Å². The summed E-state index contributed by atoms with van der Waals surface area (Å²) < 4.78 is 0. The Hall–Kier alpha value is -1.25. The molecule has 0 aromatic rings. The molecule has 1 heterocycles. The van der Waals surface area contributed by atoms with Gasteiger partial charge >= 0.3 is 0 Å². The normalized spacial score (nSPS) is 15.8. The van der Waals surface area contributed by atoms with Crippen LogP contribution in [0.25, 0.3) is 0 Å². The highest BCUT2D eigenvalue weighted by Crippen LogP contribution is 2.15. The first kappa shape index (κ1) is 8.84. The van der Waals surface area contributed by atoms with Crippen LogP contribution in [0.15, 0.2) is 24.6 Å². The van der Waals surface area contributed by atoms with Gasteiger partial charge < -0.3 is 4.90 Å². The lowest BCUT2D eigenvalue weighted by Crippen LogP contribution is -2.31. The lowest BCUT2D eigenvalue weighted by Gasteiger charge is -2.24. The lowest BCUT2D eigenvalue weighted by atomic mass is 10.4. The van der Waals surface area contributed by atoms with E-state index in [1.807, 2.05) is 7.05 Å². The van der Waals surface area contributed by atoms with E-state index in [2.05, 4.69) is 17.6 Å². The molecule has 3 nitrogen and oxygen atoms in total. The zero-order chi connectivity index (χ0) is 9.14. The molecule has 1 amide bonds. The molecule has 0 aromatic heterocycles. The molecule has 0 fully saturated rings. The van der Waals surface area contributed by atoms with Crippen LogP contribution in [0.1, 0.15) is 6.42 Å². The van der Waals surface area contributed by atoms with Crippen LogP contribution in [0.3, 0.4) is 0 Å². The summed E-state index contributed by atoms with van der Waals surface area (Å²) in [6.45, 7) is 4.43. The smallest absolute Gasteiger partial charge is 0.251 e. The highest BCUT2D eigenvalue weighted by molar-refractivity contribution is 5.88. The van der Waals surface area contributed by atoms with Crippen molar-refractivity contribution in [2.45, 2.75) is 6.42 Å². The zero-order valence-corrected chi connectivity index (χ0v) is 7.58. The number of nitrogens with zero attached hydrogens (tertiary/aromatic N) is 2. The van der Waals surface area contributed by atoms with Crippen molar-refractivity contribution in [2.75, 3.05) is 20.6 Å². The van der Waals surface area contributed by atoms with E-state index in [0.717, 1.165) is 18.8 Å². The van der Waals surface area contributed by atoms with Gasteiger partial charge in [-0.3, -0.25) is 9.69 Å². The number of amides is 1. The van der Waals surface area contributed by atoms with E-state index in [-0.39, 0.29) is 5.91 Å². The average molecular weight is 166 g/mol. The van der Waals surface area contributed by atoms with Crippen LogP contribution in [-0.2, 0) is 4.79 Å². The Bertz CT molecular complexity index is 233. The van der Waals surface area contributed by atoms with Crippen LogP contribution in [-0.4, -0.2) is 36.3 Å². The predicted molar refractivity (Wildman–Crippen MR) is 48.3 cm³/mol. The van der Waals surface area contributed by atoms with E-state index in [9.17, 15) is 4.79 Å². The van der Waals surface area contributed by atoms with Crippen LogP contribution in [0.5, 0.6) is 0 Å². The van der Waals surface area contributed by atoms with Crippen molar-refractivity contribution in [1.82, 2.24) is 9.80 Å². The number of carbonyl (C=O) groups is 1. The van der Waals surface area contributed by atoms with Crippen molar-refractivity contribution in [3.8, 4) is 0 Å². The second-order valence-corrected chi connectivity index (χ2v) is 2.87. The van der Waals surface area contributed by atoms with Crippen molar-refractivity contribution in [1.29, 1.82) is 0 Å². The van der Waals surface area contributed by atoms with Gasteiger partial charge in [-0.2, -0.15) is 0 Å². The third-order valence-electron chi connectivity index (χ3n) is 2.03. The molecule has 0 unspecified atom stereocenters. The molecule has 1 aliphatic heterocycles. The van der Waals surface area contributed by atoms with E-state index >= 15 is 0 Å². The van der Waals surface area contributed by atoms with Crippen molar-refractivity contribution < 1.29 is 4.79 Å². The number of rotatable bonds is 2. The van der Waals surface area contributed by atoms with Gasteiger partial charge in [0.25, 0.3) is 5.91 Å². The lowest BCUT2D eigenvalue weighted by molar-refractivity contribution is -0.123. The Morgan fingerprint density at radius 2 is 2.50 bits per heavy atom. The van der Waals surface area contributed by atoms with Crippen LogP contribution in [0.2, 0.25) is 0 Å². The van der Waals surface area contributed by atoms with Gasteiger partial charge in [-0.25, -0.2) is 0 Å². The molecule has 0 N–H and O–H groups in total. The van der Waals surface area contributed by atoms with Gasteiger partial charge in [0.15, 0.2) is 0 Å². The molecule has 0 radical (unpaired) electrons. The van der Waals surface area contributed by atoms with Gasteiger partial charge in [-0.1, -0.05) is 6.58 Å². The van der Waals surface area contributed by atoms with Gasteiger partial charge in [0.2, 0.25) is 0 Å². The Morgan fingerprint density at radius 1 is 1.83 bits per heavy atom. The zero-order valence-electron chi connectivity index (χ0n) is 7.58. The average Bonchev–Trinajstić information content (AvgIpc) is 2.48. The molecule has 12 heavy (non-hydrogen) atoms. The molecule has 1 aliphatic rings. The maximum Gasteiger partial charge on any atom is 0.251 e. The third kappa shape index (κ3) is 1.49. The van der Waals surface area contributed by atoms with Gasteiger partial charge in [0.05, 0.1) is 0 Å².